The predicted octanol–water partition coefficient (Wildman–Crippen LogP) is 1.50. The van der Waals surface area contributed by atoms with E-state index in [1.807, 2.05) is 19.1 Å². The molecule has 0 aliphatic carbocycles. The number of nitrogens with zero attached hydrogens (tertiary/aromatic N) is 3. The molecule has 2 aliphatic rings. The van der Waals surface area contributed by atoms with Crippen molar-refractivity contribution in [3.05, 3.63) is 23.8 Å². The second-order valence-electron chi connectivity index (χ2n) is 7.64. The molecule has 0 saturated carbocycles. The molecule has 31 heavy (non-hydrogen) atoms. The van der Waals surface area contributed by atoms with Crippen molar-refractivity contribution in [1.82, 2.24) is 15.2 Å². The quantitative estimate of drug-likeness (QED) is 0.713. The maximum atomic E-state index is 12.5. The van der Waals surface area contributed by atoms with Gasteiger partial charge in [-0.25, -0.2) is 4.98 Å². The molecular weight excluding hydrogens is 420 g/mol. The van der Waals surface area contributed by atoms with E-state index in [-0.39, 0.29) is 24.2 Å². The Morgan fingerprint density at radius 1 is 1.32 bits per heavy atom. The molecule has 0 radical (unpaired) electrons. The fourth-order valence-corrected chi connectivity index (χ4v) is 4.60. The van der Waals surface area contributed by atoms with Crippen LogP contribution in [-0.4, -0.2) is 78.7 Å². The van der Waals surface area contributed by atoms with Crippen LogP contribution in [0.5, 0.6) is 0 Å². The molecule has 9 nitrogen and oxygen atoms in total. The molecule has 1 atom stereocenters. The van der Waals surface area contributed by atoms with E-state index < -0.39 is 5.97 Å². The summed E-state index contributed by atoms with van der Waals surface area (Å²) in [6.07, 6.45) is 0.248. The van der Waals surface area contributed by atoms with E-state index in [4.69, 9.17) is 14.6 Å². The lowest BCUT2D eigenvalue weighted by atomic mass is 10.1. The number of aromatic nitrogens is 1. The van der Waals surface area contributed by atoms with E-state index in [1.54, 1.807) is 4.90 Å². The smallest absolute Gasteiger partial charge is 0.300 e. The Kier molecular flexibility index (Phi) is 7.94. The Balaban J connectivity index is 0.000000628. The van der Waals surface area contributed by atoms with Gasteiger partial charge in [0.05, 0.1) is 29.3 Å². The number of hydrogen-bond donors (Lipinski definition) is 2. The van der Waals surface area contributed by atoms with Crippen LogP contribution in [0.3, 0.4) is 0 Å². The van der Waals surface area contributed by atoms with Crippen molar-refractivity contribution in [3.63, 3.8) is 0 Å². The lowest BCUT2D eigenvalue weighted by Crippen LogP contribution is -2.42. The highest BCUT2D eigenvalue weighted by molar-refractivity contribution is 7.22. The minimum absolute atomic E-state index is 0.0286. The average Bonchev–Trinajstić information content (AvgIpc) is 3.31. The number of aliphatic carboxylic acids is 1. The number of carbonyl (C=O) groups excluding carboxylic acids is 2. The molecule has 1 aromatic heterocycles. The molecule has 2 N–H and O–H groups in total. The van der Waals surface area contributed by atoms with Crippen molar-refractivity contribution in [2.75, 3.05) is 50.8 Å². The third-order valence-electron chi connectivity index (χ3n) is 5.09. The van der Waals surface area contributed by atoms with Gasteiger partial charge >= 0.3 is 0 Å². The summed E-state index contributed by atoms with van der Waals surface area (Å²) in [6, 6.07) is 6.07. The summed E-state index contributed by atoms with van der Waals surface area (Å²) < 4.78 is 6.39. The van der Waals surface area contributed by atoms with Crippen molar-refractivity contribution in [2.45, 2.75) is 20.3 Å². The second-order valence-corrected chi connectivity index (χ2v) is 8.65. The van der Waals surface area contributed by atoms with Crippen LogP contribution in [0.2, 0.25) is 0 Å². The Hall–Kier alpha value is -2.56. The number of carboxylic acids is 1. The van der Waals surface area contributed by atoms with Crippen molar-refractivity contribution in [1.29, 1.82) is 0 Å². The SMILES string of the molecule is CC(=O)O.Cc1ccc2nc(N3CC(C(=O)NCCN4CCOCC4)CC3=O)sc2c1. The van der Waals surface area contributed by atoms with Crippen LogP contribution >= 0.6 is 11.3 Å². The van der Waals surface area contributed by atoms with Gasteiger partial charge in [0.15, 0.2) is 5.13 Å². The van der Waals surface area contributed by atoms with E-state index in [1.165, 1.54) is 16.9 Å². The van der Waals surface area contributed by atoms with Gasteiger partial charge in [0.1, 0.15) is 0 Å². The summed E-state index contributed by atoms with van der Waals surface area (Å²) in [7, 11) is 0. The molecule has 2 aromatic rings. The molecule has 4 rings (SSSR count). The minimum atomic E-state index is -0.833. The minimum Gasteiger partial charge on any atom is -0.481 e. The van der Waals surface area contributed by atoms with Crippen LogP contribution in [0.1, 0.15) is 18.9 Å². The van der Waals surface area contributed by atoms with Gasteiger partial charge in [-0.2, -0.15) is 0 Å². The van der Waals surface area contributed by atoms with Gasteiger partial charge in [-0.1, -0.05) is 17.4 Å². The Bertz CT molecular complexity index is 937. The highest BCUT2D eigenvalue weighted by Crippen LogP contribution is 2.33. The zero-order valence-electron chi connectivity index (χ0n) is 17.8. The van der Waals surface area contributed by atoms with Gasteiger partial charge in [0.2, 0.25) is 11.8 Å². The van der Waals surface area contributed by atoms with E-state index in [2.05, 4.69) is 21.3 Å². The summed E-state index contributed by atoms with van der Waals surface area (Å²) in [5.41, 5.74) is 2.06. The number of amides is 2. The summed E-state index contributed by atoms with van der Waals surface area (Å²) >= 11 is 1.51. The van der Waals surface area contributed by atoms with Crippen LogP contribution in [0.4, 0.5) is 5.13 Å². The molecule has 3 heterocycles. The van der Waals surface area contributed by atoms with Gasteiger partial charge in [-0.15, -0.1) is 0 Å². The summed E-state index contributed by atoms with van der Waals surface area (Å²) in [5, 5.41) is 11.1. The zero-order valence-corrected chi connectivity index (χ0v) is 18.6. The van der Waals surface area contributed by atoms with Crippen molar-refractivity contribution < 1.29 is 24.2 Å². The van der Waals surface area contributed by atoms with E-state index in [9.17, 15) is 9.59 Å². The summed E-state index contributed by atoms with van der Waals surface area (Å²) in [4.78, 5) is 42.4. The maximum absolute atomic E-state index is 12.5. The average molecular weight is 449 g/mol. The molecule has 0 spiro atoms. The number of morpholine rings is 1. The number of thiazole rings is 1. The zero-order chi connectivity index (χ0) is 22.4. The van der Waals surface area contributed by atoms with Crippen LogP contribution < -0.4 is 10.2 Å². The van der Waals surface area contributed by atoms with Crippen molar-refractivity contribution in [3.8, 4) is 0 Å². The molecule has 168 valence electrons. The monoisotopic (exact) mass is 448 g/mol. The fourth-order valence-electron chi connectivity index (χ4n) is 3.51. The van der Waals surface area contributed by atoms with Crippen molar-refractivity contribution in [2.24, 2.45) is 5.92 Å². The van der Waals surface area contributed by atoms with E-state index in [0.29, 0.717) is 18.2 Å². The molecule has 2 saturated heterocycles. The van der Waals surface area contributed by atoms with Gasteiger partial charge in [-0.05, 0) is 24.6 Å². The molecule has 1 aromatic carbocycles. The normalized spacial score (nSPS) is 19.2. The summed E-state index contributed by atoms with van der Waals surface area (Å²) in [6.45, 7) is 8.26. The van der Waals surface area contributed by atoms with Crippen LogP contribution in [-0.2, 0) is 19.1 Å². The predicted molar refractivity (Wildman–Crippen MR) is 118 cm³/mol. The third-order valence-corrected chi connectivity index (χ3v) is 6.13. The largest absolute Gasteiger partial charge is 0.481 e. The number of carboxylic acid groups (broad SMARTS) is 1. The number of fused-ring (bicyclic) bond motifs is 1. The van der Waals surface area contributed by atoms with E-state index in [0.717, 1.165) is 50.0 Å². The first-order valence-corrected chi connectivity index (χ1v) is 11.1. The number of rotatable bonds is 5. The van der Waals surface area contributed by atoms with Crippen LogP contribution in [0, 0.1) is 12.8 Å². The molecular formula is C21H28N4O5S. The van der Waals surface area contributed by atoms with Gasteiger partial charge in [-0.3, -0.25) is 24.2 Å². The standard InChI is InChI=1S/C19H24N4O3S.C2H4O2/c1-13-2-3-15-16(10-13)27-19(21-15)23-12-14(11-17(23)24)18(25)20-4-5-22-6-8-26-9-7-22;1-2(3)4/h2-3,10,14H,4-9,11-12H2,1H3,(H,20,25);1H3,(H,3,4). The number of aryl methyl sites for hydroxylation is 1. The number of benzene rings is 1. The maximum Gasteiger partial charge on any atom is 0.300 e. The highest BCUT2D eigenvalue weighted by atomic mass is 32.1. The molecule has 1 unspecified atom stereocenters. The summed E-state index contributed by atoms with van der Waals surface area (Å²) in [5.74, 6) is -1.22. The first kappa shape index (κ1) is 23.1. The van der Waals surface area contributed by atoms with E-state index >= 15 is 0 Å². The molecule has 10 heteroatoms. The third kappa shape index (κ3) is 6.46. The Morgan fingerprint density at radius 3 is 2.74 bits per heavy atom. The number of carbonyl (C=O) groups is 3. The number of hydrogen-bond acceptors (Lipinski definition) is 7. The first-order valence-electron chi connectivity index (χ1n) is 10.3. The van der Waals surface area contributed by atoms with Crippen LogP contribution in [0.15, 0.2) is 18.2 Å². The van der Waals surface area contributed by atoms with Crippen molar-refractivity contribution >= 4 is 44.5 Å². The molecule has 2 aliphatic heterocycles. The lowest BCUT2D eigenvalue weighted by Gasteiger charge is -2.26. The lowest BCUT2D eigenvalue weighted by molar-refractivity contribution is -0.134. The number of ether oxygens (including phenoxy) is 1. The Morgan fingerprint density at radius 2 is 2.03 bits per heavy atom. The van der Waals surface area contributed by atoms with Gasteiger partial charge < -0.3 is 15.2 Å². The highest BCUT2D eigenvalue weighted by Gasteiger charge is 2.36. The second kappa shape index (κ2) is 10.7. The fraction of sp³-hybridized carbons (Fsp3) is 0.524. The topological polar surface area (TPSA) is 112 Å². The number of anilines is 1. The number of nitrogens with one attached hydrogen (secondary N) is 1. The molecule has 0 bridgehead atoms. The first-order chi connectivity index (χ1) is 14.8. The Labute approximate surface area is 185 Å². The van der Waals surface area contributed by atoms with Gasteiger partial charge in [0, 0.05) is 46.1 Å². The van der Waals surface area contributed by atoms with Gasteiger partial charge in [0.25, 0.3) is 5.97 Å². The van der Waals surface area contributed by atoms with Crippen LogP contribution in [0.25, 0.3) is 10.2 Å². The molecule has 2 amide bonds. The molecule has 2 fully saturated rings.